The normalized spacial score (nSPS) is 13.7. The standard InChI is InChI=1S/C19H22N6O2S/c1-13-22-17(12-18(23-13)25-8-2-3-9-25)20-6-7-21-19(26)14-11-15(27-24-14)16-5-4-10-28-16/h4-5,10-12H,2-3,6-9H2,1H3,(H,21,26)(H,20,22,23). The van der Waals surface area contributed by atoms with E-state index in [4.69, 9.17) is 4.52 Å². The molecule has 0 bridgehead atoms. The van der Waals surface area contributed by atoms with Crippen LogP contribution in [0.4, 0.5) is 11.6 Å². The molecule has 4 rings (SSSR count). The molecule has 0 aliphatic carbocycles. The molecule has 1 aliphatic heterocycles. The Hall–Kier alpha value is -2.94. The van der Waals surface area contributed by atoms with Crippen molar-refractivity contribution < 1.29 is 9.32 Å². The van der Waals surface area contributed by atoms with Crippen molar-refractivity contribution in [1.29, 1.82) is 0 Å². The number of hydrogen-bond donors (Lipinski definition) is 2. The van der Waals surface area contributed by atoms with Gasteiger partial charge in [0.05, 0.1) is 4.88 Å². The molecule has 1 fully saturated rings. The largest absolute Gasteiger partial charge is 0.368 e. The Kier molecular flexibility index (Phi) is 5.52. The van der Waals surface area contributed by atoms with Gasteiger partial charge in [-0.2, -0.15) is 0 Å². The summed E-state index contributed by atoms with van der Waals surface area (Å²) in [7, 11) is 0. The van der Waals surface area contributed by atoms with Gasteiger partial charge in [0.25, 0.3) is 5.91 Å². The molecule has 28 heavy (non-hydrogen) atoms. The maximum Gasteiger partial charge on any atom is 0.273 e. The van der Waals surface area contributed by atoms with Crippen LogP contribution in [-0.2, 0) is 0 Å². The van der Waals surface area contributed by atoms with Crippen LogP contribution in [-0.4, -0.2) is 47.2 Å². The van der Waals surface area contributed by atoms with E-state index in [-0.39, 0.29) is 11.6 Å². The van der Waals surface area contributed by atoms with E-state index in [1.54, 1.807) is 17.4 Å². The fourth-order valence-corrected chi connectivity index (χ4v) is 3.80. The molecule has 1 aliphatic rings. The van der Waals surface area contributed by atoms with Gasteiger partial charge in [0.1, 0.15) is 17.5 Å². The fourth-order valence-electron chi connectivity index (χ4n) is 3.12. The van der Waals surface area contributed by atoms with Crippen molar-refractivity contribution in [2.45, 2.75) is 19.8 Å². The topological polar surface area (TPSA) is 96.2 Å². The second-order valence-electron chi connectivity index (χ2n) is 6.59. The number of hydrogen-bond acceptors (Lipinski definition) is 8. The average molecular weight is 398 g/mol. The first-order valence-corrected chi connectivity index (χ1v) is 10.2. The van der Waals surface area contributed by atoms with Crippen molar-refractivity contribution in [3.8, 4) is 10.6 Å². The molecular weight excluding hydrogens is 376 g/mol. The number of nitrogens with zero attached hydrogens (tertiary/aromatic N) is 4. The Morgan fingerprint density at radius 2 is 2.11 bits per heavy atom. The third-order valence-electron chi connectivity index (χ3n) is 4.48. The molecule has 0 spiro atoms. The van der Waals surface area contributed by atoms with Crippen LogP contribution >= 0.6 is 11.3 Å². The minimum atomic E-state index is -0.259. The predicted molar refractivity (Wildman–Crippen MR) is 109 cm³/mol. The minimum absolute atomic E-state index is 0.259. The van der Waals surface area contributed by atoms with Gasteiger partial charge in [-0.15, -0.1) is 11.3 Å². The lowest BCUT2D eigenvalue weighted by atomic mass is 10.3. The molecule has 9 heteroatoms. The number of rotatable bonds is 7. The summed E-state index contributed by atoms with van der Waals surface area (Å²) in [4.78, 5) is 24.4. The first-order valence-electron chi connectivity index (χ1n) is 9.32. The van der Waals surface area contributed by atoms with Crippen molar-refractivity contribution in [3.05, 3.63) is 41.2 Å². The lowest BCUT2D eigenvalue weighted by molar-refractivity contribution is 0.0946. The van der Waals surface area contributed by atoms with E-state index >= 15 is 0 Å². The average Bonchev–Trinajstić information content (AvgIpc) is 3.46. The summed E-state index contributed by atoms with van der Waals surface area (Å²) >= 11 is 1.54. The summed E-state index contributed by atoms with van der Waals surface area (Å²) in [5, 5.41) is 11.9. The maximum absolute atomic E-state index is 12.2. The van der Waals surface area contributed by atoms with E-state index in [2.05, 4.69) is 30.7 Å². The van der Waals surface area contributed by atoms with Crippen molar-refractivity contribution in [2.24, 2.45) is 0 Å². The number of carbonyl (C=O) groups excluding carboxylic acids is 1. The summed E-state index contributed by atoms with van der Waals surface area (Å²) in [6.07, 6.45) is 2.40. The number of thiophene rings is 1. The molecular formula is C19H22N6O2S. The van der Waals surface area contributed by atoms with Crippen LogP contribution in [0, 0.1) is 6.92 Å². The molecule has 1 amide bonds. The highest BCUT2D eigenvalue weighted by molar-refractivity contribution is 7.13. The Balaban J connectivity index is 1.28. The van der Waals surface area contributed by atoms with Gasteiger partial charge >= 0.3 is 0 Å². The Morgan fingerprint density at radius 1 is 1.25 bits per heavy atom. The third-order valence-corrected chi connectivity index (χ3v) is 5.36. The second kappa shape index (κ2) is 8.39. The Morgan fingerprint density at radius 3 is 2.89 bits per heavy atom. The number of anilines is 2. The van der Waals surface area contributed by atoms with Gasteiger partial charge in [-0.05, 0) is 31.2 Å². The van der Waals surface area contributed by atoms with E-state index in [0.717, 1.165) is 35.4 Å². The zero-order chi connectivity index (χ0) is 19.3. The highest BCUT2D eigenvalue weighted by Crippen LogP contribution is 2.25. The molecule has 3 aromatic rings. The summed E-state index contributed by atoms with van der Waals surface area (Å²) in [6.45, 7) is 4.97. The van der Waals surface area contributed by atoms with Crippen molar-refractivity contribution in [1.82, 2.24) is 20.4 Å². The van der Waals surface area contributed by atoms with Crippen LogP contribution < -0.4 is 15.5 Å². The van der Waals surface area contributed by atoms with Gasteiger partial charge in [-0.25, -0.2) is 9.97 Å². The maximum atomic E-state index is 12.2. The van der Waals surface area contributed by atoms with Crippen LogP contribution in [0.5, 0.6) is 0 Å². The molecule has 2 N–H and O–H groups in total. The second-order valence-corrected chi connectivity index (χ2v) is 7.54. The summed E-state index contributed by atoms with van der Waals surface area (Å²) in [5.74, 6) is 2.80. The van der Waals surface area contributed by atoms with Gasteiger partial charge < -0.3 is 20.1 Å². The molecule has 8 nitrogen and oxygen atoms in total. The lowest BCUT2D eigenvalue weighted by Gasteiger charge is -2.17. The van der Waals surface area contributed by atoms with Gasteiger partial charge in [-0.3, -0.25) is 4.79 Å². The van der Waals surface area contributed by atoms with Gasteiger partial charge in [0.2, 0.25) is 0 Å². The summed E-state index contributed by atoms with van der Waals surface area (Å²) in [5.41, 5.74) is 0.276. The minimum Gasteiger partial charge on any atom is -0.368 e. The highest BCUT2D eigenvalue weighted by Gasteiger charge is 2.16. The molecule has 0 unspecified atom stereocenters. The number of nitrogens with one attached hydrogen (secondary N) is 2. The van der Waals surface area contributed by atoms with Crippen LogP contribution in [0.2, 0.25) is 0 Å². The molecule has 4 heterocycles. The van der Waals surface area contributed by atoms with Gasteiger partial charge in [0, 0.05) is 38.3 Å². The van der Waals surface area contributed by atoms with Crippen molar-refractivity contribution in [2.75, 3.05) is 36.4 Å². The summed E-state index contributed by atoms with van der Waals surface area (Å²) < 4.78 is 5.24. The molecule has 0 atom stereocenters. The Labute approximate surface area is 167 Å². The van der Waals surface area contributed by atoms with Crippen LogP contribution in [0.3, 0.4) is 0 Å². The molecule has 0 aromatic carbocycles. The highest BCUT2D eigenvalue weighted by atomic mass is 32.1. The van der Waals surface area contributed by atoms with E-state index in [1.807, 2.05) is 30.5 Å². The van der Waals surface area contributed by atoms with Gasteiger partial charge in [0.15, 0.2) is 11.5 Å². The third kappa shape index (κ3) is 4.30. The van der Waals surface area contributed by atoms with Crippen LogP contribution in [0.1, 0.15) is 29.2 Å². The predicted octanol–water partition coefficient (Wildman–Crippen LogP) is 2.94. The van der Waals surface area contributed by atoms with Crippen molar-refractivity contribution in [3.63, 3.8) is 0 Å². The number of amides is 1. The first-order chi connectivity index (χ1) is 13.7. The van der Waals surface area contributed by atoms with Gasteiger partial charge in [-0.1, -0.05) is 11.2 Å². The quantitative estimate of drug-likeness (QED) is 0.591. The van der Waals surface area contributed by atoms with Crippen molar-refractivity contribution >= 4 is 28.9 Å². The number of aryl methyl sites for hydroxylation is 1. The molecule has 3 aromatic heterocycles. The van der Waals surface area contributed by atoms with E-state index in [9.17, 15) is 4.79 Å². The van der Waals surface area contributed by atoms with Crippen LogP contribution in [0.25, 0.3) is 10.6 Å². The van der Waals surface area contributed by atoms with E-state index in [1.165, 1.54) is 12.8 Å². The van der Waals surface area contributed by atoms with E-state index < -0.39 is 0 Å². The lowest BCUT2D eigenvalue weighted by Crippen LogP contribution is -2.29. The smallest absolute Gasteiger partial charge is 0.273 e. The zero-order valence-corrected chi connectivity index (χ0v) is 16.5. The molecule has 0 radical (unpaired) electrons. The molecule has 1 saturated heterocycles. The number of carbonyl (C=O) groups is 1. The fraction of sp³-hybridized carbons (Fsp3) is 0.368. The zero-order valence-electron chi connectivity index (χ0n) is 15.6. The molecule has 146 valence electrons. The molecule has 0 saturated carbocycles. The Bertz CT molecular complexity index is 934. The number of aromatic nitrogens is 3. The van der Waals surface area contributed by atoms with E-state index in [0.29, 0.717) is 18.8 Å². The monoisotopic (exact) mass is 398 g/mol. The SMILES string of the molecule is Cc1nc(NCCNC(=O)c2cc(-c3cccs3)on2)cc(N2CCCC2)n1. The first kappa shape index (κ1) is 18.4. The summed E-state index contributed by atoms with van der Waals surface area (Å²) in [6, 6.07) is 7.48. The van der Waals surface area contributed by atoms with Crippen LogP contribution in [0.15, 0.2) is 34.2 Å².